The van der Waals surface area contributed by atoms with Crippen LogP contribution < -0.4 is 10.2 Å². The van der Waals surface area contributed by atoms with E-state index in [1.165, 1.54) is 24.9 Å². The van der Waals surface area contributed by atoms with Crippen LogP contribution in [0, 0.1) is 5.92 Å². The fourth-order valence-electron chi connectivity index (χ4n) is 3.67. The molecule has 0 spiro atoms. The summed E-state index contributed by atoms with van der Waals surface area (Å²) >= 11 is 0. The average Bonchev–Trinajstić information content (AvgIpc) is 2.64. The molecule has 1 aromatic rings. The summed E-state index contributed by atoms with van der Waals surface area (Å²) < 4.78 is 0. The quantitative estimate of drug-likeness (QED) is 0.894. The Bertz CT molecular complexity index is 514. The molecule has 1 amide bonds. The lowest BCUT2D eigenvalue weighted by Gasteiger charge is -2.32. The zero-order valence-corrected chi connectivity index (χ0v) is 15.0. The SMILES string of the molecule is CC1CCN(c2ccc(NCCC(=O)N3CCCCC3)cc2)CC1. The molecule has 132 valence electrons. The molecule has 1 N–H and O–H groups in total. The molecule has 2 fully saturated rings. The van der Waals surface area contributed by atoms with Crippen LogP contribution >= 0.6 is 0 Å². The number of likely N-dealkylation sites (tertiary alicyclic amines) is 1. The van der Waals surface area contributed by atoms with E-state index in [1.807, 2.05) is 4.90 Å². The Kier molecular flexibility index (Phi) is 6.00. The maximum atomic E-state index is 12.2. The third kappa shape index (κ3) is 4.65. The molecule has 0 atom stereocenters. The molecule has 0 radical (unpaired) electrons. The predicted octanol–water partition coefficient (Wildman–Crippen LogP) is 3.74. The minimum Gasteiger partial charge on any atom is -0.385 e. The molecule has 0 bridgehead atoms. The van der Waals surface area contributed by atoms with Gasteiger partial charge in [-0.1, -0.05) is 6.92 Å². The van der Waals surface area contributed by atoms with Crippen LogP contribution in [0.25, 0.3) is 0 Å². The van der Waals surface area contributed by atoms with Crippen LogP contribution in [0.15, 0.2) is 24.3 Å². The van der Waals surface area contributed by atoms with E-state index in [4.69, 9.17) is 0 Å². The summed E-state index contributed by atoms with van der Waals surface area (Å²) in [6.07, 6.45) is 6.76. The van der Waals surface area contributed by atoms with Gasteiger partial charge in [-0.3, -0.25) is 4.79 Å². The van der Waals surface area contributed by atoms with E-state index < -0.39 is 0 Å². The molecule has 0 aromatic heterocycles. The summed E-state index contributed by atoms with van der Waals surface area (Å²) in [5.74, 6) is 1.15. The van der Waals surface area contributed by atoms with Gasteiger partial charge in [0.2, 0.25) is 5.91 Å². The van der Waals surface area contributed by atoms with Crippen LogP contribution in [0.5, 0.6) is 0 Å². The van der Waals surface area contributed by atoms with Gasteiger partial charge in [0.15, 0.2) is 0 Å². The first-order chi connectivity index (χ1) is 11.7. The zero-order chi connectivity index (χ0) is 16.8. The first kappa shape index (κ1) is 17.1. The molecule has 4 heteroatoms. The van der Waals surface area contributed by atoms with Crippen LogP contribution in [0.1, 0.15) is 45.4 Å². The second-order valence-corrected chi connectivity index (χ2v) is 7.33. The summed E-state index contributed by atoms with van der Waals surface area (Å²) in [5, 5.41) is 3.39. The van der Waals surface area contributed by atoms with E-state index in [-0.39, 0.29) is 0 Å². The molecule has 2 saturated heterocycles. The minimum atomic E-state index is 0.293. The number of carbonyl (C=O) groups is 1. The van der Waals surface area contributed by atoms with Crippen molar-refractivity contribution in [1.29, 1.82) is 0 Å². The van der Waals surface area contributed by atoms with Crippen LogP contribution in [-0.2, 0) is 4.79 Å². The molecule has 1 aromatic carbocycles. The lowest BCUT2D eigenvalue weighted by Crippen LogP contribution is -2.36. The third-order valence-corrected chi connectivity index (χ3v) is 5.39. The fraction of sp³-hybridized carbons (Fsp3) is 0.650. The highest BCUT2D eigenvalue weighted by Crippen LogP contribution is 2.24. The Morgan fingerprint density at radius 2 is 1.71 bits per heavy atom. The van der Waals surface area contributed by atoms with Gasteiger partial charge in [0.25, 0.3) is 0 Å². The number of hydrogen-bond donors (Lipinski definition) is 1. The summed E-state index contributed by atoms with van der Waals surface area (Å²) in [6, 6.07) is 8.67. The molecule has 2 heterocycles. The predicted molar refractivity (Wildman–Crippen MR) is 101 cm³/mol. The Morgan fingerprint density at radius 3 is 2.38 bits per heavy atom. The van der Waals surface area contributed by atoms with Crippen LogP contribution in [0.4, 0.5) is 11.4 Å². The van der Waals surface area contributed by atoms with Crippen LogP contribution in [0.2, 0.25) is 0 Å². The molecule has 0 unspecified atom stereocenters. The van der Waals surface area contributed by atoms with E-state index >= 15 is 0 Å². The molecular weight excluding hydrogens is 298 g/mol. The molecule has 2 aliphatic heterocycles. The van der Waals surface area contributed by atoms with Crippen molar-refractivity contribution < 1.29 is 4.79 Å². The van der Waals surface area contributed by atoms with Crippen molar-refractivity contribution in [2.45, 2.75) is 45.4 Å². The van der Waals surface area contributed by atoms with Crippen molar-refractivity contribution in [2.24, 2.45) is 5.92 Å². The van der Waals surface area contributed by atoms with Crippen LogP contribution in [-0.4, -0.2) is 43.5 Å². The second kappa shape index (κ2) is 8.41. The molecule has 4 nitrogen and oxygen atoms in total. The normalized spacial score (nSPS) is 19.4. The molecule has 0 aliphatic carbocycles. The van der Waals surface area contributed by atoms with Gasteiger partial charge < -0.3 is 15.1 Å². The Hall–Kier alpha value is -1.71. The average molecular weight is 329 g/mol. The Labute approximate surface area is 146 Å². The van der Waals surface area contributed by atoms with Gasteiger partial charge in [0.1, 0.15) is 0 Å². The van der Waals surface area contributed by atoms with Gasteiger partial charge >= 0.3 is 0 Å². The first-order valence-electron chi connectivity index (χ1n) is 9.59. The van der Waals surface area contributed by atoms with Crippen molar-refractivity contribution >= 4 is 17.3 Å². The molecule has 3 rings (SSSR count). The molecule has 24 heavy (non-hydrogen) atoms. The number of nitrogens with zero attached hydrogens (tertiary/aromatic N) is 2. The summed E-state index contributed by atoms with van der Waals surface area (Å²) in [4.78, 5) is 16.7. The van der Waals surface area contributed by atoms with Gasteiger partial charge in [-0.25, -0.2) is 0 Å². The molecule has 0 saturated carbocycles. The minimum absolute atomic E-state index is 0.293. The van der Waals surface area contributed by atoms with E-state index in [1.54, 1.807) is 0 Å². The number of benzene rings is 1. The van der Waals surface area contributed by atoms with E-state index in [0.29, 0.717) is 12.3 Å². The van der Waals surface area contributed by atoms with Gasteiger partial charge in [0, 0.05) is 50.5 Å². The largest absolute Gasteiger partial charge is 0.385 e. The number of rotatable bonds is 5. The number of anilines is 2. The number of nitrogens with one attached hydrogen (secondary N) is 1. The lowest BCUT2D eigenvalue weighted by atomic mass is 9.99. The smallest absolute Gasteiger partial charge is 0.224 e. The number of carbonyl (C=O) groups excluding carboxylic acids is 1. The summed E-state index contributed by atoms with van der Waals surface area (Å²) in [7, 11) is 0. The Morgan fingerprint density at radius 1 is 1.04 bits per heavy atom. The molecular formula is C20H31N3O. The van der Waals surface area contributed by atoms with Crippen molar-refractivity contribution in [3.05, 3.63) is 24.3 Å². The van der Waals surface area contributed by atoms with Gasteiger partial charge in [-0.05, 0) is 62.3 Å². The van der Waals surface area contributed by atoms with Gasteiger partial charge in [-0.15, -0.1) is 0 Å². The van der Waals surface area contributed by atoms with Crippen molar-refractivity contribution in [3.8, 4) is 0 Å². The van der Waals surface area contributed by atoms with Crippen molar-refractivity contribution in [1.82, 2.24) is 4.90 Å². The number of hydrogen-bond acceptors (Lipinski definition) is 3. The topological polar surface area (TPSA) is 35.6 Å². The summed E-state index contributed by atoms with van der Waals surface area (Å²) in [5.41, 5.74) is 2.42. The molecule has 2 aliphatic rings. The monoisotopic (exact) mass is 329 g/mol. The van der Waals surface area contributed by atoms with Gasteiger partial charge in [0.05, 0.1) is 0 Å². The van der Waals surface area contributed by atoms with Crippen molar-refractivity contribution in [2.75, 3.05) is 42.9 Å². The highest BCUT2D eigenvalue weighted by molar-refractivity contribution is 5.76. The highest BCUT2D eigenvalue weighted by atomic mass is 16.2. The van der Waals surface area contributed by atoms with E-state index in [2.05, 4.69) is 41.4 Å². The maximum absolute atomic E-state index is 12.2. The van der Waals surface area contributed by atoms with Crippen LogP contribution in [0.3, 0.4) is 0 Å². The highest BCUT2D eigenvalue weighted by Gasteiger charge is 2.17. The summed E-state index contributed by atoms with van der Waals surface area (Å²) in [6.45, 7) is 7.28. The number of piperidine rings is 2. The van der Waals surface area contributed by atoms with Gasteiger partial charge in [-0.2, -0.15) is 0 Å². The second-order valence-electron chi connectivity index (χ2n) is 7.33. The van der Waals surface area contributed by atoms with Crippen molar-refractivity contribution in [3.63, 3.8) is 0 Å². The third-order valence-electron chi connectivity index (χ3n) is 5.39. The maximum Gasteiger partial charge on any atom is 0.224 e. The number of amides is 1. The Balaban J connectivity index is 1.42. The zero-order valence-electron chi connectivity index (χ0n) is 15.0. The first-order valence-corrected chi connectivity index (χ1v) is 9.59. The van der Waals surface area contributed by atoms with E-state index in [0.717, 1.165) is 57.2 Å². The lowest BCUT2D eigenvalue weighted by molar-refractivity contribution is -0.131. The fourth-order valence-corrected chi connectivity index (χ4v) is 3.67. The standard InChI is InChI=1S/C20H31N3O/c1-17-10-15-22(16-11-17)19-7-5-18(6-8-19)21-12-9-20(24)23-13-3-2-4-14-23/h5-8,17,21H,2-4,9-16H2,1H3. The van der Waals surface area contributed by atoms with E-state index in [9.17, 15) is 4.79 Å².